The van der Waals surface area contributed by atoms with Crippen LogP contribution < -0.4 is 0 Å². The van der Waals surface area contributed by atoms with Crippen molar-refractivity contribution in [3.05, 3.63) is 24.4 Å². The normalized spacial score (nSPS) is 11.6. The summed E-state index contributed by atoms with van der Waals surface area (Å²) >= 11 is 0. The molecular weight excluding hydrogens is 263 g/mol. The molecule has 0 N–H and O–H groups in total. The highest BCUT2D eigenvalue weighted by atomic mass is 19.4. The number of rotatable bonds is 3. The first-order valence-corrected chi connectivity index (χ1v) is 5.15. The zero-order chi connectivity index (χ0) is 14.0. The Hall–Kier alpha value is -2.32. The molecule has 0 bridgehead atoms. The Balaban J connectivity index is 2.36. The van der Waals surface area contributed by atoms with Gasteiger partial charge in [-0.3, -0.25) is 4.79 Å². The van der Waals surface area contributed by atoms with E-state index in [0.717, 1.165) is 6.33 Å². The van der Waals surface area contributed by atoms with Crippen molar-refractivity contribution in [2.45, 2.75) is 19.6 Å². The lowest BCUT2D eigenvalue weighted by Gasteiger charge is -2.04. The van der Waals surface area contributed by atoms with E-state index in [4.69, 9.17) is 0 Å². The maximum atomic E-state index is 12.2. The van der Waals surface area contributed by atoms with E-state index in [2.05, 4.69) is 20.1 Å². The van der Waals surface area contributed by atoms with Crippen LogP contribution in [-0.2, 0) is 6.54 Å². The van der Waals surface area contributed by atoms with Gasteiger partial charge in [-0.25, -0.2) is 19.6 Å². The minimum Gasteiger partial charge on any atom is -0.293 e. The molecule has 0 aliphatic carbocycles. The van der Waals surface area contributed by atoms with Crippen molar-refractivity contribution in [3.63, 3.8) is 0 Å². The number of aromatic nitrogens is 5. The van der Waals surface area contributed by atoms with Gasteiger partial charge in [0.15, 0.2) is 5.78 Å². The predicted octanol–water partition coefficient (Wildman–Crippen LogP) is 1.50. The SMILES string of the molecule is CC(=O)c1nccnc1-c1ncn(CC(F)(F)F)n1. The van der Waals surface area contributed by atoms with Gasteiger partial charge < -0.3 is 0 Å². The Bertz CT molecular complexity index is 607. The number of nitrogens with zero attached hydrogens (tertiary/aromatic N) is 5. The summed E-state index contributed by atoms with van der Waals surface area (Å²) in [5, 5.41) is 3.64. The molecule has 6 nitrogen and oxygen atoms in total. The summed E-state index contributed by atoms with van der Waals surface area (Å²) in [7, 11) is 0. The Morgan fingerprint density at radius 3 is 2.58 bits per heavy atom. The molecule has 2 aromatic rings. The van der Waals surface area contributed by atoms with Crippen LogP contribution >= 0.6 is 0 Å². The second kappa shape index (κ2) is 4.75. The van der Waals surface area contributed by atoms with Crippen LogP contribution in [0, 0.1) is 0 Å². The van der Waals surface area contributed by atoms with E-state index in [0.29, 0.717) is 4.68 Å². The minimum atomic E-state index is -4.39. The lowest BCUT2D eigenvalue weighted by molar-refractivity contribution is -0.142. The molecular formula is C10H8F3N5O. The molecule has 0 aliphatic rings. The van der Waals surface area contributed by atoms with Crippen molar-refractivity contribution in [3.8, 4) is 11.5 Å². The zero-order valence-electron chi connectivity index (χ0n) is 9.72. The number of hydrogen-bond donors (Lipinski definition) is 0. The average molecular weight is 271 g/mol. The molecule has 9 heteroatoms. The number of hydrogen-bond acceptors (Lipinski definition) is 5. The van der Waals surface area contributed by atoms with E-state index in [-0.39, 0.29) is 23.0 Å². The van der Waals surface area contributed by atoms with E-state index in [1.165, 1.54) is 19.3 Å². The van der Waals surface area contributed by atoms with Crippen molar-refractivity contribution in [2.75, 3.05) is 0 Å². The van der Waals surface area contributed by atoms with Gasteiger partial charge in [0.1, 0.15) is 24.3 Å². The molecule has 0 radical (unpaired) electrons. The van der Waals surface area contributed by atoms with Gasteiger partial charge in [-0.2, -0.15) is 13.2 Å². The molecule has 0 spiro atoms. The van der Waals surface area contributed by atoms with Crippen molar-refractivity contribution in [2.24, 2.45) is 0 Å². The fraction of sp³-hybridized carbons (Fsp3) is 0.300. The Morgan fingerprint density at radius 2 is 1.95 bits per heavy atom. The first-order valence-electron chi connectivity index (χ1n) is 5.15. The maximum Gasteiger partial charge on any atom is 0.408 e. The fourth-order valence-corrected chi connectivity index (χ4v) is 1.42. The van der Waals surface area contributed by atoms with Gasteiger partial charge >= 0.3 is 6.18 Å². The van der Waals surface area contributed by atoms with Crippen LogP contribution in [0.1, 0.15) is 17.4 Å². The largest absolute Gasteiger partial charge is 0.408 e. The molecule has 0 saturated carbocycles. The summed E-state index contributed by atoms with van der Waals surface area (Å²) in [6, 6.07) is 0. The van der Waals surface area contributed by atoms with Crippen LogP contribution in [-0.4, -0.2) is 36.7 Å². The molecule has 2 aromatic heterocycles. The standard InChI is InChI=1S/C10H8F3N5O/c1-6(19)7-8(15-3-2-14-7)9-16-5-18(17-9)4-10(11,12)13/h2-3,5H,4H2,1H3. The third-order valence-electron chi connectivity index (χ3n) is 2.12. The van der Waals surface area contributed by atoms with E-state index in [1.54, 1.807) is 0 Å². The van der Waals surface area contributed by atoms with Gasteiger partial charge in [0.2, 0.25) is 5.82 Å². The van der Waals surface area contributed by atoms with Crippen LogP contribution in [0.15, 0.2) is 18.7 Å². The first-order chi connectivity index (χ1) is 8.87. The van der Waals surface area contributed by atoms with Gasteiger partial charge in [0, 0.05) is 19.3 Å². The van der Waals surface area contributed by atoms with Crippen molar-refractivity contribution in [1.82, 2.24) is 24.7 Å². The third kappa shape index (κ3) is 3.12. The number of ketones is 1. The van der Waals surface area contributed by atoms with E-state index in [1.807, 2.05) is 0 Å². The van der Waals surface area contributed by atoms with Crippen LogP contribution in [0.5, 0.6) is 0 Å². The number of halogens is 3. The molecule has 0 amide bonds. The minimum absolute atomic E-state index is 0.0206. The maximum absolute atomic E-state index is 12.2. The number of carbonyl (C=O) groups excluding carboxylic acids is 1. The molecule has 100 valence electrons. The highest BCUT2D eigenvalue weighted by Gasteiger charge is 2.29. The third-order valence-corrected chi connectivity index (χ3v) is 2.12. The molecule has 0 aliphatic heterocycles. The molecule has 0 atom stereocenters. The summed E-state index contributed by atoms with van der Waals surface area (Å²) in [6.07, 6.45) is -0.836. The monoisotopic (exact) mass is 271 g/mol. The molecule has 0 saturated heterocycles. The van der Waals surface area contributed by atoms with Crippen LogP contribution in [0.2, 0.25) is 0 Å². The van der Waals surface area contributed by atoms with Crippen LogP contribution in [0.3, 0.4) is 0 Å². The first kappa shape index (κ1) is 13.1. The van der Waals surface area contributed by atoms with Gasteiger partial charge in [-0.05, 0) is 0 Å². The zero-order valence-corrected chi connectivity index (χ0v) is 9.72. The Morgan fingerprint density at radius 1 is 1.26 bits per heavy atom. The predicted molar refractivity (Wildman–Crippen MR) is 57.1 cm³/mol. The molecule has 0 fully saturated rings. The van der Waals surface area contributed by atoms with E-state index < -0.39 is 12.7 Å². The highest BCUT2D eigenvalue weighted by molar-refractivity contribution is 5.96. The molecule has 2 heterocycles. The molecule has 19 heavy (non-hydrogen) atoms. The van der Waals surface area contributed by atoms with Gasteiger partial charge in [0.25, 0.3) is 0 Å². The molecule has 0 aromatic carbocycles. The average Bonchev–Trinajstić information content (AvgIpc) is 2.75. The lowest BCUT2D eigenvalue weighted by Crippen LogP contribution is -2.18. The van der Waals surface area contributed by atoms with E-state index in [9.17, 15) is 18.0 Å². The van der Waals surface area contributed by atoms with Crippen LogP contribution in [0.4, 0.5) is 13.2 Å². The Labute approximate surface area is 105 Å². The van der Waals surface area contributed by atoms with Crippen molar-refractivity contribution < 1.29 is 18.0 Å². The smallest absolute Gasteiger partial charge is 0.293 e. The topological polar surface area (TPSA) is 73.6 Å². The second-order valence-electron chi connectivity index (χ2n) is 3.69. The van der Waals surface area contributed by atoms with Crippen molar-refractivity contribution >= 4 is 5.78 Å². The lowest BCUT2D eigenvalue weighted by atomic mass is 10.2. The summed E-state index contributed by atoms with van der Waals surface area (Å²) in [5.41, 5.74) is 0.0863. The number of alkyl halides is 3. The van der Waals surface area contributed by atoms with Crippen molar-refractivity contribution in [1.29, 1.82) is 0 Å². The highest BCUT2D eigenvalue weighted by Crippen LogP contribution is 2.19. The fourth-order valence-electron chi connectivity index (χ4n) is 1.42. The molecule has 2 rings (SSSR count). The second-order valence-corrected chi connectivity index (χ2v) is 3.69. The van der Waals surface area contributed by atoms with Crippen LogP contribution in [0.25, 0.3) is 11.5 Å². The summed E-state index contributed by atoms with van der Waals surface area (Å²) in [6.45, 7) is 0.0237. The summed E-state index contributed by atoms with van der Waals surface area (Å²) in [4.78, 5) is 22.7. The molecule has 0 unspecified atom stereocenters. The summed E-state index contributed by atoms with van der Waals surface area (Å²) in [5.74, 6) is -0.433. The van der Waals surface area contributed by atoms with Gasteiger partial charge in [-0.15, -0.1) is 5.10 Å². The number of carbonyl (C=O) groups is 1. The quantitative estimate of drug-likeness (QED) is 0.791. The van der Waals surface area contributed by atoms with Gasteiger partial charge in [-0.1, -0.05) is 0 Å². The number of Topliss-reactive ketones (excluding diaryl/α,β-unsaturated/α-hetero) is 1. The summed E-state index contributed by atoms with van der Waals surface area (Å²) < 4.78 is 37.2. The van der Waals surface area contributed by atoms with E-state index >= 15 is 0 Å². The Kier molecular flexibility index (Phi) is 3.28. The van der Waals surface area contributed by atoms with Gasteiger partial charge in [0.05, 0.1) is 0 Å².